The molecule has 0 unspecified atom stereocenters. The molecule has 2 aromatic rings. The average Bonchev–Trinajstić information content (AvgIpc) is 3.66. The Morgan fingerprint density at radius 3 is 1.42 bits per heavy atom. The monoisotopic (exact) mass is 908 g/mol. The van der Waals surface area contributed by atoms with Crippen molar-refractivity contribution in [2.45, 2.75) is 85.5 Å². The zero-order valence-corrected chi connectivity index (χ0v) is 36.6. The number of hydrogen-bond donors (Lipinski definition) is 5. The fourth-order valence-corrected chi connectivity index (χ4v) is 6.94. The molecule has 0 fully saturated rings. The van der Waals surface area contributed by atoms with Crippen LogP contribution in [0, 0.1) is 13.8 Å². The van der Waals surface area contributed by atoms with Gasteiger partial charge >= 0.3 is 38.3 Å². The van der Waals surface area contributed by atoms with E-state index in [-0.39, 0.29) is 71.3 Å². The molecular weight excluding hydrogens is 855 g/mol. The number of benzene rings is 1. The zero-order chi connectivity index (χ0) is 43.2. The molecule has 0 saturated heterocycles. The van der Waals surface area contributed by atoms with E-state index in [0.29, 0.717) is 70.4 Å². The Bertz CT molecular complexity index is 2250. The topological polar surface area (TPSA) is 221 Å². The fourth-order valence-electron chi connectivity index (χ4n) is 6.94. The number of rotatable bonds is 17. The number of nitrogens with one attached hydrogen (secondary N) is 1. The van der Waals surface area contributed by atoms with Crippen molar-refractivity contribution in [2.75, 3.05) is 26.4 Å². The smallest absolute Gasteiger partial charge is 0.687 e. The number of carboxylic acids is 3. The summed E-state index contributed by atoms with van der Waals surface area (Å²) in [7, 11) is 3.29. The van der Waals surface area contributed by atoms with Gasteiger partial charge < -0.3 is 37.0 Å². The normalized spacial score (nSPS) is 11.8. The van der Waals surface area contributed by atoms with Crippen molar-refractivity contribution < 1.29 is 54.9 Å². The van der Waals surface area contributed by atoms with Gasteiger partial charge in [-0.05, 0) is 123 Å². The third kappa shape index (κ3) is 13.6. The van der Waals surface area contributed by atoms with Crippen LogP contribution in [0.1, 0.15) is 103 Å². The first-order chi connectivity index (χ1) is 28.1. The van der Waals surface area contributed by atoms with Crippen molar-refractivity contribution in [2.24, 2.45) is 0 Å². The first kappa shape index (κ1) is 48.5. The summed E-state index contributed by atoms with van der Waals surface area (Å²) in [6.45, 7) is 8.01. The number of fused-ring (bicyclic) bond motifs is 4. The summed E-state index contributed by atoms with van der Waals surface area (Å²) < 4.78 is 0. The number of nitrogens with zero attached hydrogens (tertiary/aromatic N) is 4. The maximum absolute atomic E-state index is 13.1. The van der Waals surface area contributed by atoms with Crippen LogP contribution in [-0.2, 0) is 58.9 Å². The molecule has 2 aliphatic heterocycles. The zero-order valence-electron chi connectivity index (χ0n) is 35.0. The summed E-state index contributed by atoms with van der Waals surface area (Å²) in [5.41, 5.74) is 17.1. The van der Waals surface area contributed by atoms with Crippen molar-refractivity contribution in [3.63, 3.8) is 0 Å². The Hall–Kier alpha value is -5.84. The predicted octanol–water partition coefficient (Wildman–Crippen LogP) is 8.84. The minimum atomic E-state index is -0.955. The van der Waals surface area contributed by atoms with E-state index in [1.807, 2.05) is 76.2 Å². The molecule has 0 atom stereocenters. The third-order valence-electron chi connectivity index (χ3n) is 10.5. The predicted molar refractivity (Wildman–Crippen MR) is 233 cm³/mol. The average molecular weight is 909 g/mol. The maximum Gasteiger partial charge on any atom is 2.00 e. The van der Waals surface area contributed by atoms with Gasteiger partial charge in [-0.1, -0.05) is 47.5 Å². The number of carbonyl (C=O) groups excluding carboxylic acids is 1. The quantitative estimate of drug-likeness (QED) is 0.0749. The molecule has 0 aliphatic carbocycles. The molecule has 0 radical (unpaired) electrons. The number of carbonyl (C=O) groups is 4. The van der Waals surface area contributed by atoms with Crippen LogP contribution >= 0.6 is 0 Å². The molecule has 2 aliphatic rings. The Morgan fingerprint density at radius 2 is 1.00 bits per heavy atom. The Balaban J connectivity index is 0.00000961. The molecule has 1 amide bonds. The molecule has 1 aromatic heterocycles. The number of aryl methyl sites for hydroxylation is 2. The summed E-state index contributed by atoms with van der Waals surface area (Å²) in [5, 5.41) is 41.0. The summed E-state index contributed by atoms with van der Waals surface area (Å²) in [4.78, 5) is 58.3. The van der Waals surface area contributed by atoms with Gasteiger partial charge in [-0.2, -0.15) is 0 Å². The Morgan fingerprint density at radius 1 is 0.583 bits per heavy atom. The van der Waals surface area contributed by atoms with Gasteiger partial charge in [0, 0.05) is 37.9 Å². The van der Waals surface area contributed by atoms with Gasteiger partial charge in [0.15, 0.2) is 0 Å². The third-order valence-corrected chi connectivity index (χ3v) is 10.5. The van der Waals surface area contributed by atoms with Gasteiger partial charge in [-0.25, -0.2) is 9.97 Å². The summed E-state index contributed by atoms with van der Waals surface area (Å²) in [5.74, 6) is -2.97. The number of amides is 1. The second kappa shape index (κ2) is 23.1. The van der Waals surface area contributed by atoms with Gasteiger partial charge in [-0.15, -0.1) is 25.5 Å². The van der Waals surface area contributed by atoms with Crippen molar-refractivity contribution in [1.82, 2.24) is 15.3 Å². The Labute approximate surface area is 365 Å². The second-order valence-electron chi connectivity index (χ2n) is 14.5. The number of nitrogen functional groups attached to an aromatic ring is 1. The number of carboxylic acid groups (broad SMARTS) is 3. The minimum Gasteiger partial charge on any atom is -0.687 e. The standard InChI is InChI=1S/C46H56N6O7.Pd/c1-27-33(12-21-45(56)57)10-18-38-30(4)36(16-22-46(58)59)42(52-38)26-40(49-6)28(2)32(11-20-44(54)55)9-17-37-29(3)35(41(51-37)25-39(27)48-5)15-19-43(53)50-24-23-31-7-13-34(47)14-8-31;/h7-10,13-14,17-18,25-26H,11-12,15-16,19-24,47H2,1-6H3,(H6,48,49,50,51,52,53,54,55,56,57,58,59);/q;+2/p-2. The van der Waals surface area contributed by atoms with Crippen LogP contribution in [-0.4, -0.2) is 69.7 Å². The van der Waals surface area contributed by atoms with Gasteiger partial charge in [0.2, 0.25) is 5.91 Å². The van der Waals surface area contributed by atoms with Crippen LogP contribution in [0.4, 0.5) is 17.1 Å². The van der Waals surface area contributed by atoms with Crippen LogP contribution < -0.4 is 11.1 Å². The van der Waals surface area contributed by atoms with E-state index in [1.165, 1.54) is 0 Å². The molecule has 13 nitrogen and oxygen atoms in total. The summed E-state index contributed by atoms with van der Waals surface area (Å²) in [6.07, 6.45) is 1.51. The van der Waals surface area contributed by atoms with Gasteiger partial charge in [0.1, 0.15) is 0 Å². The maximum atomic E-state index is 13.1. The number of allylic oxidation sites excluding steroid dienone is 4. The van der Waals surface area contributed by atoms with Crippen molar-refractivity contribution in [3.8, 4) is 0 Å². The first-order valence-electron chi connectivity index (χ1n) is 19.6. The van der Waals surface area contributed by atoms with Crippen LogP contribution in [0.25, 0.3) is 32.9 Å². The van der Waals surface area contributed by atoms with Crippen molar-refractivity contribution in [3.05, 3.63) is 122 Å². The SMILES string of the molecule is C[N-]c1cc2nc(ccc(CCC(=O)O)c(C)c([N-]C)cc3nc(ccc(CCC(=O)O)c1C)C(C)=C3CCC(=O)NCCc1ccc(N)cc1)C(C)=C2CCC(=O)O.[Pd+2]. The summed E-state index contributed by atoms with van der Waals surface area (Å²) in [6, 6.07) is 18.5. The van der Waals surface area contributed by atoms with E-state index in [1.54, 1.807) is 26.2 Å². The van der Waals surface area contributed by atoms with E-state index < -0.39 is 17.9 Å². The largest absolute Gasteiger partial charge is 2.00 e. The number of aromatic nitrogens is 2. The van der Waals surface area contributed by atoms with Gasteiger partial charge in [0.25, 0.3) is 0 Å². The van der Waals surface area contributed by atoms with E-state index in [2.05, 4.69) is 16.0 Å². The number of anilines is 1. The van der Waals surface area contributed by atoms with Gasteiger partial charge in [-0.3, -0.25) is 19.2 Å². The molecule has 1 aromatic carbocycles. The first-order valence-corrected chi connectivity index (χ1v) is 19.6. The molecule has 3 heterocycles. The number of nitrogens with two attached hydrogens (primary N) is 1. The van der Waals surface area contributed by atoms with Crippen LogP contribution in [0.2, 0.25) is 0 Å². The minimum absolute atomic E-state index is 0. The van der Waals surface area contributed by atoms with Crippen molar-refractivity contribution >= 4 is 63.2 Å². The fraction of sp³-hybridized carbons (Fsp3) is 0.348. The van der Waals surface area contributed by atoms with Crippen LogP contribution in [0.5, 0.6) is 0 Å². The molecule has 6 N–H and O–H groups in total. The van der Waals surface area contributed by atoms with Crippen LogP contribution in [0.15, 0.2) is 60.7 Å². The van der Waals surface area contributed by atoms with E-state index in [9.17, 15) is 34.5 Å². The van der Waals surface area contributed by atoms with Crippen LogP contribution in [0.3, 0.4) is 0 Å². The molecule has 0 spiro atoms. The number of hydrogen-bond acceptors (Lipinski definition) is 7. The Kier molecular flexibility index (Phi) is 18.7. The molecule has 0 saturated carbocycles. The molecule has 4 bridgehead atoms. The summed E-state index contributed by atoms with van der Waals surface area (Å²) >= 11 is 0. The molecule has 60 heavy (non-hydrogen) atoms. The van der Waals surface area contributed by atoms with E-state index in [4.69, 9.17) is 15.7 Å². The van der Waals surface area contributed by atoms with Crippen molar-refractivity contribution in [1.29, 1.82) is 0 Å². The number of aliphatic carboxylic acids is 3. The van der Waals surface area contributed by atoms with E-state index in [0.717, 1.165) is 39.0 Å². The molecule has 4 rings (SSSR count). The molecule has 320 valence electrons. The molecular formula is C46H54N6O7Pd. The second-order valence-corrected chi connectivity index (χ2v) is 14.5. The van der Waals surface area contributed by atoms with Gasteiger partial charge in [0.05, 0.1) is 22.8 Å². The molecule has 14 heteroatoms. The van der Waals surface area contributed by atoms with E-state index >= 15 is 0 Å².